The zero-order valence-corrected chi connectivity index (χ0v) is 12.4. The van der Waals surface area contributed by atoms with E-state index in [0.717, 1.165) is 12.8 Å². The average Bonchev–Trinajstić information content (AvgIpc) is 2.42. The van der Waals surface area contributed by atoms with E-state index >= 15 is 0 Å². The first-order valence-corrected chi connectivity index (χ1v) is 7.79. The van der Waals surface area contributed by atoms with Gasteiger partial charge in [0, 0.05) is 18.0 Å². The van der Waals surface area contributed by atoms with Crippen LogP contribution in [-0.4, -0.2) is 29.6 Å². The molecule has 2 nitrogen and oxygen atoms in total. The Hall–Kier alpha value is -1.28. The number of fused-ring (bicyclic) bond motifs is 3. The Morgan fingerprint density at radius 2 is 2.20 bits per heavy atom. The Morgan fingerprint density at radius 1 is 1.35 bits per heavy atom. The van der Waals surface area contributed by atoms with Gasteiger partial charge in [-0.1, -0.05) is 17.7 Å². The van der Waals surface area contributed by atoms with Crippen molar-refractivity contribution in [3.05, 3.63) is 41.0 Å². The summed E-state index contributed by atoms with van der Waals surface area (Å²) in [6.07, 6.45) is 7.33. The zero-order chi connectivity index (χ0) is 13.9. The van der Waals surface area contributed by atoms with E-state index in [1.165, 1.54) is 30.5 Å². The quantitative estimate of drug-likeness (QED) is 0.729. The SMILES string of the molecule is C[C@@H]1CC2=CC[C@@H]3C[C@]2(Cc2ccc(O)cc23)CN1C. The van der Waals surface area contributed by atoms with Gasteiger partial charge >= 0.3 is 0 Å². The topological polar surface area (TPSA) is 23.5 Å². The maximum absolute atomic E-state index is 9.77. The lowest BCUT2D eigenvalue weighted by Crippen LogP contribution is -2.51. The van der Waals surface area contributed by atoms with Gasteiger partial charge in [-0.05, 0) is 68.8 Å². The van der Waals surface area contributed by atoms with Crippen molar-refractivity contribution in [3.8, 4) is 5.75 Å². The van der Waals surface area contributed by atoms with Gasteiger partial charge in [0.1, 0.15) is 5.75 Å². The first kappa shape index (κ1) is 12.5. The molecule has 3 aliphatic rings. The molecule has 1 aliphatic heterocycles. The van der Waals surface area contributed by atoms with Gasteiger partial charge in [-0.15, -0.1) is 0 Å². The second-order valence-electron chi connectivity index (χ2n) is 7.17. The number of allylic oxidation sites excluding steroid dienone is 1. The minimum Gasteiger partial charge on any atom is -0.508 e. The van der Waals surface area contributed by atoms with Crippen molar-refractivity contribution >= 4 is 0 Å². The van der Waals surface area contributed by atoms with Crippen LogP contribution in [0.3, 0.4) is 0 Å². The van der Waals surface area contributed by atoms with E-state index in [0.29, 0.717) is 23.1 Å². The van der Waals surface area contributed by atoms with Crippen LogP contribution in [0.2, 0.25) is 0 Å². The van der Waals surface area contributed by atoms with Gasteiger partial charge < -0.3 is 10.0 Å². The average molecular weight is 269 g/mol. The molecule has 3 atom stereocenters. The number of hydrogen-bond donors (Lipinski definition) is 1. The van der Waals surface area contributed by atoms with E-state index in [2.05, 4.69) is 31.0 Å². The number of piperidine rings is 1. The van der Waals surface area contributed by atoms with Gasteiger partial charge in [0.15, 0.2) is 0 Å². The number of phenolic OH excluding ortho intramolecular Hbond substituents is 1. The predicted molar refractivity (Wildman–Crippen MR) is 81.0 cm³/mol. The van der Waals surface area contributed by atoms with Crippen LogP contribution in [0.15, 0.2) is 29.8 Å². The first-order valence-electron chi connectivity index (χ1n) is 7.79. The van der Waals surface area contributed by atoms with Crippen molar-refractivity contribution in [3.63, 3.8) is 0 Å². The van der Waals surface area contributed by atoms with Crippen LogP contribution >= 0.6 is 0 Å². The van der Waals surface area contributed by atoms with Crippen molar-refractivity contribution in [1.82, 2.24) is 4.90 Å². The number of aromatic hydroxyl groups is 1. The summed E-state index contributed by atoms with van der Waals surface area (Å²) in [5.74, 6) is 1.03. The molecule has 0 radical (unpaired) electrons. The Balaban J connectivity index is 1.79. The second kappa shape index (κ2) is 4.11. The molecule has 1 spiro atoms. The predicted octanol–water partition coefficient (Wildman–Crippen LogP) is 3.46. The normalized spacial score (nSPS) is 36.0. The minimum atomic E-state index is 0.369. The highest BCUT2D eigenvalue weighted by molar-refractivity contribution is 5.44. The summed E-state index contributed by atoms with van der Waals surface area (Å²) < 4.78 is 0. The number of nitrogens with zero attached hydrogens (tertiary/aromatic N) is 1. The molecule has 0 aromatic heterocycles. The molecular formula is C18H23NO. The van der Waals surface area contributed by atoms with Gasteiger partial charge in [-0.25, -0.2) is 0 Å². The van der Waals surface area contributed by atoms with E-state index in [-0.39, 0.29) is 0 Å². The third kappa shape index (κ3) is 1.67. The largest absolute Gasteiger partial charge is 0.508 e. The summed E-state index contributed by atoms with van der Waals surface area (Å²) in [7, 11) is 2.27. The molecule has 2 heteroatoms. The molecule has 1 saturated heterocycles. The maximum atomic E-state index is 9.77. The van der Waals surface area contributed by atoms with E-state index in [9.17, 15) is 5.11 Å². The molecule has 1 fully saturated rings. The summed E-state index contributed by atoms with van der Waals surface area (Å²) in [5.41, 5.74) is 4.94. The molecule has 106 valence electrons. The molecule has 1 aromatic carbocycles. The smallest absolute Gasteiger partial charge is 0.115 e. The van der Waals surface area contributed by atoms with Crippen LogP contribution in [0.5, 0.6) is 5.75 Å². The Labute approximate surface area is 121 Å². The fourth-order valence-electron chi connectivity index (χ4n) is 4.73. The molecule has 2 aliphatic carbocycles. The fourth-order valence-corrected chi connectivity index (χ4v) is 4.73. The number of phenols is 1. The number of benzene rings is 1. The van der Waals surface area contributed by atoms with Crippen LogP contribution in [-0.2, 0) is 6.42 Å². The fraction of sp³-hybridized carbons (Fsp3) is 0.556. The summed E-state index contributed by atoms with van der Waals surface area (Å²) in [5, 5.41) is 9.77. The number of rotatable bonds is 0. The highest BCUT2D eigenvalue weighted by Crippen LogP contribution is 2.55. The molecular weight excluding hydrogens is 246 g/mol. The molecule has 0 unspecified atom stereocenters. The van der Waals surface area contributed by atoms with Crippen LogP contribution in [0.25, 0.3) is 0 Å². The third-order valence-electron chi connectivity index (χ3n) is 5.89. The molecule has 1 aromatic rings. The van der Waals surface area contributed by atoms with Crippen molar-refractivity contribution in [2.75, 3.05) is 13.6 Å². The molecule has 0 saturated carbocycles. The van der Waals surface area contributed by atoms with Crippen molar-refractivity contribution < 1.29 is 5.11 Å². The van der Waals surface area contributed by atoms with Crippen LogP contribution < -0.4 is 0 Å². The van der Waals surface area contributed by atoms with Crippen molar-refractivity contribution in [2.24, 2.45) is 5.41 Å². The molecule has 0 amide bonds. The molecule has 1 heterocycles. The standard InChI is InChI=1S/C18H23NO/c1-12-7-15-5-3-13-9-18(15,11-19(12)2)10-14-4-6-16(20)8-17(13)14/h4-6,8,12-13,20H,3,7,9-11H2,1-2H3/t12-,13-,18+/m1/s1. The Kier molecular flexibility index (Phi) is 2.56. The van der Waals surface area contributed by atoms with Gasteiger partial charge in [-0.2, -0.15) is 0 Å². The summed E-state index contributed by atoms with van der Waals surface area (Å²) in [6, 6.07) is 6.68. The van der Waals surface area contributed by atoms with Crippen LogP contribution in [0.4, 0.5) is 0 Å². The maximum Gasteiger partial charge on any atom is 0.115 e. The van der Waals surface area contributed by atoms with Crippen LogP contribution in [0.1, 0.15) is 43.2 Å². The van der Waals surface area contributed by atoms with Crippen molar-refractivity contribution in [2.45, 2.75) is 44.6 Å². The number of likely N-dealkylation sites (tertiary alicyclic amines) is 1. The summed E-state index contributed by atoms with van der Waals surface area (Å²) >= 11 is 0. The lowest BCUT2D eigenvalue weighted by molar-refractivity contribution is 0.0941. The number of hydrogen-bond acceptors (Lipinski definition) is 2. The molecule has 2 bridgehead atoms. The van der Waals surface area contributed by atoms with E-state index in [1.807, 2.05) is 12.1 Å². The second-order valence-corrected chi connectivity index (χ2v) is 7.17. The van der Waals surface area contributed by atoms with Crippen molar-refractivity contribution in [1.29, 1.82) is 0 Å². The van der Waals surface area contributed by atoms with Gasteiger partial charge in [0.05, 0.1) is 0 Å². The first-order chi connectivity index (χ1) is 9.57. The molecule has 20 heavy (non-hydrogen) atoms. The van der Waals surface area contributed by atoms with Gasteiger partial charge in [0.2, 0.25) is 0 Å². The van der Waals surface area contributed by atoms with Crippen LogP contribution in [0, 0.1) is 5.41 Å². The van der Waals surface area contributed by atoms with E-state index < -0.39 is 0 Å². The monoisotopic (exact) mass is 269 g/mol. The molecule has 4 rings (SSSR count). The van der Waals surface area contributed by atoms with E-state index in [1.54, 1.807) is 5.57 Å². The Morgan fingerprint density at radius 3 is 3.05 bits per heavy atom. The minimum absolute atomic E-state index is 0.369. The molecule has 1 N–H and O–H groups in total. The van der Waals surface area contributed by atoms with Gasteiger partial charge in [-0.3, -0.25) is 0 Å². The highest BCUT2D eigenvalue weighted by Gasteiger charge is 2.47. The lowest BCUT2D eigenvalue weighted by atomic mass is 9.57. The zero-order valence-electron chi connectivity index (χ0n) is 12.4. The summed E-state index contributed by atoms with van der Waals surface area (Å²) in [6.45, 7) is 3.53. The Bertz CT molecular complexity index is 591. The summed E-state index contributed by atoms with van der Waals surface area (Å²) in [4.78, 5) is 2.53. The lowest BCUT2D eigenvalue weighted by Gasteiger charge is -2.53. The third-order valence-corrected chi connectivity index (χ3v) is 5.89. The highest BCUT2D eigenvalue weighted by atomic mass is 16.3. The van der Waals surface area contributed by atoms with E-state index in [4.69, 9.17) is 0 Å². The van der Waals surface area contributed by atoms with Gasteiger partial charge in [0.25, 0.3) is 0 Å².